The van der Waals surface area contributed by atoms with Crippen molar-refractivity contribution in [3.05, 3.63) is 89.0 Å². The number of imide groups is 1. The molecule has 0 unspecified atom stereocenters. The Hall–Kier alpha value is -4.53. The van der Waals surface area contributed by atoms with Crippen LogP contribution in [-0.4, -0.2) is 59.3 Å². The highest BCUT2D eigenvalue weighted by Gasteiger charge is 2.41. The molecule has 1 aliphatic heterocycles. The van der Waals surface area contributed by atoms with Gasteiger partial charge in [0.2, 0.25) is 0 Å². The number of rotatable bonds is 11. The Kier molecular flexibility index (Phi) is 12.0. The van der Waals surface area contributed by atoms with Crippen molar-refractivity contribution in [2.24, 2.45) is 11.3 Å². The molecule has 4 rings (SSSR count). The fourth-order valence-electron chi connectivity index (χ4n) is 5.52. The monoisotopic (exact) mass is 672 g/mol. The van der Waals surface area contributed by atoms with Crippen LogP contribution in [-0.2, 0) is 27.8 Å². The summed E-state index contributed by atoms with van der Waals surface area (Å²) in [5.74, 6) is 1.20. The van der Waals surface area contributed by atoms with Crippen molar-refractivity contribution in [3.63, 3.8) is 0 Å². The first kappa shape index (κ1) is 37.3. The quantitative estimate of drug-likeness (QED) is 0.217. The summed E-state index contributed by atoms with van der Waals surface area (Å²) in [7, 11) is 0. The lowest BCUT2D eigenvalue weighted by Gasteiger charge is -2.37. The number of ether oxygens (including phenoxy) is 3. The van der Waals surface area contributed by atoms with E-state index in [1.54, 1.807) is 6.07 Å². The zero-order valence-corrected chi connectivity index (χ0v) is 30.2. The Morgan fingerprint density at radius 3 is 2.12 bits per heavy atom. The predicted octanol–water partition coefficient (Wildman–Crippen LogP) is 9.03. The molecular weight excluding hydrogens is 620 g/mol. The SMILES string of the molecule is CC(C)COC(=O)N1CCc2ccc(Oc3ccc(C(C)(C)C)cc3)cc2[C@H]1C(=O)N(CCc1ccc(OCCC(C)(C)C)cc1)C(=O)O. The summed E-state index contributed by atoms with van der Waals surface area (Å²) >= 11 is 0. The number of nitrogens with zero attached hydrogens (tertiary/aromatic N) is 2. The van der Waals surface area contributed by atoms with Crippen LogP contribution < -0.4 is 9.47 Å². The van der Waals surface area contributed by atoms with E-state index in [0.717, 1.165) is 28.2 Å². The minimum absolute atomic E-state index is 0.00857. The molecule has 1 N–H and O–H groups in total. The zero-order valence-electron chi connectivity index (χ0n) is 30.2. The fourth-order valence-corrected chi connectivity index (χ4v) is 5.52. The van der Waals surface area contributed by atoms with Gasteiger partial charge in [-0.25, -0.2) is 14.5 Å². The van der Waals surface area contributed by atoms with Crippen LogP contribution in [0.1, 0.15) is 90.1 Å². The van der Waals surface area contributed by atoms with E-state index in [4.69, 9.17) is 14.2 Å². The lowest BCUT2D eigenvalue weighted by Crippen LogP contribution is -2.50. The molecule has 0 fully saturated rings. The summed E-state index contributed by atoms with van der Waals surface area (Å²) < 4.78 is 17.6. The summed E-state index contributed by atoms with van der Waals surface area (Å²) in [5, 5.41) is 10.3. The largest absolute Gasteiger partial charge is 0.494 e. The highest BCUT2D eigenvalue weighted by molar-refractivity contribution is 5.97. The number of carbonyl (C=O) groups excluding carboxylic acids is 2. The second kappa shape index (κ2) is 15.8. The summed E-state index contributed by atoms with van der Waals surface area (Å²) in [4.78, 5) is 42.4. The number of hydrogen-bond donors (Lipinski definition) is 1. The van der Waals surface area contributed by atoms with Gasteiger partial charge in [0.25, 0.3) is 5.91 Å². The summed E-state index contributed by atoms with van der Waals surface area (Å²) in [6, 6.07) is 19.5. The van der Waals surface area contributed by atoms with Gasteiger partial charge in [0, 0.05) is 13.1 Å². The zero-order chi connectivity index (χ0) is 35.9. The lowest BCUT2D eigenvalue weighted by atomic mass is 9.87. The van der Waals surface area contributed by atoms with Gasteiger partial charge >= 0.3 is 12.2 Å². The molecule has 3 aromatic rings. The first-order valence-electron chi connectivity index (χ1n) is 17.1. The molecule has 0 aliphatic carbocycles. The maximum absolute atomic E-state index is 14.3. The topological polar surface area (TPSA) is 106 Å². The van der Waals surface area contributed by atoms with Crippen molar-refractivity contribution in [2.45, 2.75) is 86.1 Å². The Morgan fingerprint density at radius 1 is 0.898 bits per heavy atom. The molecular formula is C40H52N2O7. The Bertz CT molecular complexity index is 1580. The van der Waals surface area contributed by atoms with Crippen LogP contribution in [0.25, 0.3) is 0 Å². The van der Waals surface area contributed by atoms with Gasteiger partial charge in [-0.1, -0.05) is 85.7 Å². The van der Waals surface area contributed by atoms with Crippen molar-refractivity contribution < 1.29 is 33.7 Å². The number of benzene rings is 3. The molecule has 264 valence electrons. The number of hydrogen-bond acceptors (Lipinski definition) is 6. The summed E-state index contributed by atoms with van der Waals surface area (Å²) in [6.07, 6.45) is -0.358. The minimum atomic E-state index is -1.39. The summed E-state index contributed by atoms with van der Waals surface area (Å²) in [5.41, 5.74) is 3.54. The van der Waals surface area contributed by atoms with Crippen molar-refractivity contribution in [1.82, 2.24) is 9.80 Å². The Morgan fingerprint density at radius 2 is 1.53 bits per heavy atom. The molecule has 0 aromatic heterocycles. The second-order valence-corrected chi connectivity index (χ2v) is 15.4. The van der Waals surface area contributed by atoms with Gasteiger partial charge in [-0.05, 0) is 94.7 Å². The highest BCUT2D eigenvalue weighted by Crippen LogP contribution is 2.36. The van der Waals surface area contributed by atoms with Crippen molar-refractivity contribution in [3.8, 4) is 17.2 Å². The molecule has 0 bridgehead atoms. The molecule has 1 heterocycles. The molecule has 0 spiro atoms. The van der Waals surface area contributed by atoms with E-state index in [1.165, 1.54) is 10.5 Å². The van der Waals surface area contributed by atoms with Gasteiger partial charge in [0.05, 0.1) is 13.2 Å². The molecule has 1 aliphatic rings. The van der Waals surface area contributed by atoms with Crippen LogP contribution >= 0.6 is 0 Å². The third-order valence-corrected chi connectivity index (χ3v) is 8.48. The number of amides is 3. The van der Waals surface area contributed by atoms with Crippen LogP contribution in [0.3, 0.4) is 0 Å². The van der Waals surface area contributed by atoms with Gasteiger partial charge in [-0.3, -0.25) is 9.69 Å². The van der Waals surface area contributed by atoms with Gasteiger partial charge in [-0.15, -0.1) is 0 Å². The smallest absolute Gasteiger partial charge is 0.414 e. The Labute approximate surface area is 291 Å². The van der Waals surface area contributed by atoms with Crippen molar-refractivity contribution in [2.75, 3.05) is 26.3 Å². The molecule has 9 nitrogen and oxygen atoms in total. The van der Waals surface area contributed by atoms with Gasteiger partial charge in [0.15, 0.2) is 0 Å². The average molecular weight is 673 g/mol. The first-order chi connectivity index (χ1) is 23.0. The minimum Gasteiger partial charge on any atom is -0.494 e. The van der Waals surface area contributed by atoms with Crippen LogP contribution in [0.15, 0.2) is 66.7 Å². The standard InChI is InChI=1S/C40H52N2O7/c1-27(2)26-48-38(46)41-23-20-29-11-16-33(49-32-17-12-30(13-18-32)40(6,7)8)25-34(29)35(41)36(43)42(37(44)45)22-19-28-9-14-31(15-10-28)47-24-21-39(3,4)5/h9-18,25,27,35H,19-24,26H2,1-8H3,(H,44,45)/t35-/m0/s1. The number of carboxylic acid groups (broad SMARTS) is 1. The molecule has 9 heteroatoms. The van der Waals surface area contributed by atoms with E-state index >= 15 is 0 Å². The average Bonchev–Trinajstić information content (AvgIpc) is 3.02. The molecule has 0 radical (unpaired) electrons. The molecule has 49 heavy (non-hydrogen) atoms. The maximum Gasteiger partial charge on any atom is 0.414 e. The van der Waals surface area contributed by atoms with E-state index in [0.29, 0.717) is 36.5 Å². The van der Waals surface area contributed by atoms with Crippen LogP contribution in [0.5, 0.6) is 17.2 Å². The van der Waals surface area contributed by atoms with E-state index in [1.807, 2.05) is 74.5 Å². The van der Waals surface area contributed by atoms with Gasteiger partial charge in [0.1, 0.15) is 23.3 Å². The maximum atomic E-state index is 14.3. The van der Waals surface area contributed by atoms with Crippen LogP contribution in [0, 0.1) is 11.3 Å². The third-order valence-electron chi connectivity index (χ3n) is 8.48. The van der Waals surface area contributed by atoms with Gasteiger partial charge in [-0.2, -0.15) is 0 Å². The van der Waals surface area contributed by atoms with Crippen molar-refractivity contribution in [1.29, 1.82) is 0 Å². The predicted molar refractivity (Wildman–Crippen MR) is 190 cm³/mol. The number of carbonyl (C=O) groups is 3. The molecule has 3 amide bonds. The molecule has 0 saturated heterocycles. The first-order valence-corrected chi connectivity index (χ1v) is 17.1. The molecule has 0 saturated carbocycles. The van der Waals surface area contributed by atoms with Crippen molar-refractivity contribution >= 4 is 18.1 Å². The summed E-state index contributed by atoms with van der Waals surface area (Å²) in [6.45, 7) is 17.7. The van der Waals surface area contributed by atoms with E-state index in [2.05, 4.69) is 41.5 Å². The van der Waals surface area contributed by atoms with E-state index < -0.39 is 24.1 Å². The van der Waals surface area contributed by atoms with Crippen LogP contribution in [0.4, 0.5) is 9.59 Å². The fraction of sp³-hybridized carbons (Fsp3) is 0.475. The third kappa shape index (κ3) is 10.5. The highest BCUT2D eigenvalue weighted by atomic mass is 16.6. The van der Waals surface area contributed by atoms with E-state index in [-0.39, 0.29) is 36.4 Å². The molecule has 1 atom stereocenters. The Balaban J connectivity index is 1.58. The molecule has 3 aromatic carbocycles. The van der Waals surface area contributed by atoms with Gasteiger partial charge < -0.3 is 19.3 Å². The van der Waals surface area contributed by atoms with E-state index in [9.17, 15) is 19.5 Å². The normalized spacial score (nSPS) is 14.6. The van der Waals surface area contributed by atoms with Crippen LogP contribution in [0.2, 0.25) is 0 Å². The second-order valence-electron chi connectivity index (χ2n) is 15.4. The lowest BCUT2D eigenvalue weighted by molar-refractivity contribution is -0.135. The number of fused-ring (bicyclic) bond motifs is 1.